The first-order valence-electron chi connectivity index (χ1n) is 10.6. The Labute approximate surface area is 172 Å². The number of likely N-dealkylation sites (tertiary alicyclic amines) is 1. The number of hydrogen-bond donors (Lipinski definition) is 3. The van der Waals surface area contributed by atoms with Crippen molar-refractivity contribution in [3.8, 4) is 5.75 Å². The number of nitrogens with two attached hydrogens (primary N) is 1. The van der Waals surface area contributed by atoms with Crippen LogP contribution in [0.25, 0.3) is 0 Å². The maximum Gasteiger partial charge on any atom is 0.526 e. The van der Waals surface area contributed by atoms with Crippen LogP contribution in [0.4, 0.5) is 0 Å². The monoisotopic (exact) mass is 402 g/mol. The molecular weight excluding hydrogens is 371 g/mol. The van der Waals surface area contributed by atoms with Crippen LogP contribution in [0.2, 0.25) is 5.82 Å². The topological polar surface area (TPSA) is 113 Å². The number of ketones is 1. The molecular formula is C21H31BN2O5. The fourth-order valence-electron chi connectivity index (χ4n) is 4.44. The van der Waals surface area contributed by atoms with Gasteiger partial charge in [0.05, 0.1) is 12.1 Å². The van der Waals surface area contributed by atoms with Crippen molar-refractivity contribution in [2.45, 2.75) is 50.8 Å². The molecule has 0 unspecified atom stereocenters. The van der Waals surface area contributed by atoms with Crippen LogP contribution < -0.4 is 10.4 Å². The van der Waals surface area contributed by atoms with E-state index in [1.807, 2.05) is 0 Å². The lowest BCUT2D eigenvalue weighted by molar-refractivity contribution is -0.120. The lowest BCUT2D eigenvalue weighted by Crippen LogP contribution is -2.40. The summed E-state index contributed by atoms with van der Waals surface area (Å²) in [6.07, 6.45) is 6.41. The molecule has 1 saturated heterocycles. The van der Waals surface area contributed by atoms with Crippen molar-refractivity contribution in [2.75, 3.05) is 26.2 Å². The number of carboxylic acids is 1. The highest BCUT2D eigenvalue weighted by Gasteiger charge is 2.38. The summed E-state index contributed by atoms with van der Waals surface area (Å²) in [5.74, 6) is -0.394. The molecule has 2 heterocycles. The lowest BCUT2D eigenvalue weighted by Gasteiger charge is -2.32. The second-order valence-corrected chi connectivity index (χ2v) is 8.32. The standard InChI is InChI=1S/C21H31BN2O5/c23-9-2-1-4-15-7-10-24(11-8-15)14-18(25)13-17-12-16-5-3-6-19(21(26)27)20(16)29-22(17)28/h3,5-6,15,17,28H,1-2,4,7-14,23H2,(H,26,27)/t17-/m1/s1. The van der Waals surface area contributed by atoms with Gasteiger partial charge in [0.15, 0.2) is 0 Å². The Morgan fingerprint density at radius 1 is 1.24 bits per heavy atom. The van der Waals surface area contributed by atoms with E-state index in [1.165, 1.54) is 18.9 Å². The van der Waals surface area contributed by atoms with Gasteiger partial charge in [-0.3, -0.25) is 9.69 Å². The van der Waals surface area contributed by atoms with Gasteiger partial charge in [-0.15, -0.1) is 0 Å². The fourth-order valence-corrected chi connectivity index (χ4v) is 4.44. The Hall–Kier alpha value is -1.90. The summed E-state index contributed by atoms with van der Waals surface area (Å²) in [7, 11) is -1.17. The smallest absolute Gasteiger partial charge is 0.526 e. The minimum absolute atomic E-state index is 0.0423. The number of hydrogen-bond acceptors (Lipinski definition) is 6. The van der Waals surface area contributed by atoms with Gasteiger partial charge in [0.1, 0.15) is 11.5 Å². The number of carbonyl (C=O) groups is 2. The molecule has 1 aromatic rings. The number of para-hydroxylation sites is 1. The molecule has 1 fully saturated rings. The molecule has 2 aliphatic heterocycles. The summed E-state index contributed by atoms with van der Waals surface area (Å²) in [5.41, 5.74) is 6.33. The predicted molar refractivity (Wildman–Crippen MR) is 111 cm³/mol. The molecule has 8 heteroatoms. The molecule has 158 valence electrons. The second kappa shape index (κ2) is 10.2. The van der Waals surface area contributed by atoms with Gasteiger partial charge in [-0.2, -0.15) is 0 Å². The molecule has 0 saturated carbocycles. The van der Waals surface area contributed by atoms with Gasteiger partial charge < -0.3 is 20.5 Å². The van der Waals surface area contributed by atoms with Gasteiger partial charge in [0, 0.05) is 12.2 Å². The van der Waals surface area contributed by atoms with Crippen molar-refractivity contribution in [3.63, 3.8) is 0 Å². The Balaban J connectivity index is 1.48. The number of benzene rings is 1. The number of carbonyl (C=O) groups excluding carboxylic acids is 1. The third kappa shape index (κ3) is 5.81. The fraction of sp³-hybridized carbons (Fsp3) is 0.619. The van der Waals surface area contributed by atoms with Crippen molar-refractivity contribution in [1.82, 2.24) is 4.90 Å². The zero-order valence-corrected chi connectivity index (χ0v) is 16.9. The van der Waals surface area contributed by atoms with E-state index in [2.05, 4.69) is 4.90 Å². The molecule has 1 aromatic carbocycles. The number of Topliss-reactive ketones (excluding diaryl/α,β-unsaturated/α-hetero) is 1. The van der Waals surface area contributed by atoms with E-state index in [-0.39, 0.29) is 29.3 Å². The van der Waals surface area contributed by atoms with Crippen molar-refractivity contribution in [1.29, 1.82) is 0 Å². The maximum atomic E-state index is 12.6. The molecule has 7 nitrogen and oxygen atoms in total. The van der Waals surface area contributed by atoms with Gasteiger partial charge in [-0.25, -0.2) is 4.79 Å². The maximum absolute atomic E-state index is 12.6. The van der Waals surface area contributed by atoms with E-state index in [4.69, 9.17) is 10.4 Å². The third-order valence-corrected chi connectivity index (χ3v) is 6.11. The zero-order valence-electron chi connectivity index (χ0n) is 16.9. The van der Waals surface area contributed by atoms with Gasteiger partial charge in [0.2, 0.25) is 0 Å². The molecule has 0 radical (unpaired) electrons. The summed E-state index contributed by atoms with van der Waals surface area (Å²) >= 11 is 0. The highest BCUT2D eigenvalue weighted by molar-refractivity contribution is 6.47. The number of rotatable bonds is 9. The molecule has 29 heavy (non-hydrogen) atoms. The molecule has 0 amide bonds. The first-order chi connectivity index (χ1) is 14.0. The highest BCUT2D eigenvalue weighted by atomic mass is 16.5. The van der Waals surface area contributed by atoms with Crippen molar-refractivity contribution in [2.24, 2.45) is 11.7 Å². The van der Waals surface area contributed by atoms with Gasteiger partial charge in [-0.1, -0.05) is 25.0 Å². The Morgan fingerprint density at radius 3 is 2.69 bits per heavy atom. The quantitative estimate of drug-likeness (QED) is 0.428. The molecule has 0 aromatic heterocycles. The first kappa shape index (κ1) is 21.8. The number of nitrogens with zero attached hydrogens (tertiary/aromatic N) is 1. The van der Waals surface area contributed by atoms with Crippen molar-refractivity contribution < 1.29 is 24.4 Å². The third-order valence-electron chi connectivity index (χ3n) is 6.11. The average Bonchev–Trinajstić information content (AvgIpc) is 2.69. The van der Waals surface area contributed by atoms with E-state index >= 15 is 0 Å². The van der Waals surface area contributed by atoms with Crippen molar-refractivity contribution >= 4 is 18.9 Å². The summed E-state index contributed by atoms with van der Waals surface area (Å²) in [6.45, 7) is 3.04. The Bertz CT molecular complexity index is 721. The molecule has 4 N–H and O–H groups in total. The largest absolute Gasteiger partial charge is 0.535 e. The summed E-state index contributed by atoms with van der Waals surface area (Å²) in [5, 5.41) is 19.6. The number of unbranched alkanes of at least 4 members (excludes halogenated alkanes) is 1. The highest BCUT2D eigenvalue weighted by Crippen LogP contribution is 2.36. The van der Waals surface area contributed by atoms with E-state index in [0.717, 1.165) is 50.4 Å². The van der Waals surface area contributed by atoms with Gasteiger partial charge >= 0.3 is 13.1 Å². The minimum Gasteiger partial charge on any atom is -0.535 e. The number of piperidine rings is 1. The zero-order chi connectivity index (χ0) is 20.8. The van der Waals surface area contributed by atoms with E-state index in [0.29, 0.717) is 13.0 Å². The van der Waals surface area contributed by atoms with Crippen LogP contribution in [0.3, 0.4) is 0 Å². The summed E-state index contributed by atoms with van der Waals surface area (Å²) in [4.78, 5) is 26.1. The van der Waals surface area contributed by atoms with Crippen LogP contribution in [-0.2, 0) is 11.2 Å². The number of fused-ring (bicyclic) bond motifs is 1. The summed E-state index contributed by atoms with van der Waals surface area (Å²) in [6, 6.07) is 4.92. The van der Waals surface area contributed by atoms with Crippen LogP contribution >= 0.6 is 0 Å². The van der Waals surface area contributed by atoms with Crippen LogP contribution in [-0.4, -0.2) is 60.1 Å². The van der Waals surface area contributed by atoms with E-state index in [1.54, 1.807) is 12.1 Å². The number of carboxylic acid groups (broad SMARTS) is 1. The van der Waals surface area contributed by atoms with Crippen molar-refractivity contribution in [3.05, 3.63) is 29.3 Å². The van der Waals surface area contributed by atoms with E-state index in [9.17, 15) is 19.7 Å². The average molecular weight is 402 g/mol. The molecule has 3 rings (SSSR count). The molecule has 1 atom stereocenters. The van der Waals surface area contributed by atoms with Crippen LogP contribution in [0.5, 0.6) is 5.75 Å². The van der Waals surface area contributed by atoms with Crippen LogP contribution in [0, 0.1) is 5.92 Å². The minimum atomic E-state index is -1.17. The second-order valence-electron chi connectivity index (χ2n) is 8.32. The lowest BCUT2D eigenvalue weighted by atomic mass is 9.64. The Kier molecular flexibility index (Phi) is 7.69. The SMILES string of the molecule is NCCCCC1CCN(CC(=O)C[C@H]2Cc3cccc(C(=O)O)c3OB2O)CC1. The molecule has 0 spiro atoms. The summed E-state index contributed by atoms with van der Waals surface area (Å²) < 4.78 is 5.49. The Morgan fingerprint density at radius 2 is 2.00 bits per heavy atom. The molecule has 0 aliphatic carbocycles. The van der Waals surface area contributed by atoms with Crippen LogP contribution in [0.1, 0.15) is 54.4 Å². The van der Waals surface area contributed by atoms with E-state index < -0.39 is 13.1 Å². The predicted octanol–water partition coefficient (Wildman–Crippen LogP) is 1.97. The molecule has 0 bridgehead atoms. The van der Waals surface area contributed by atoms with Gasteiger partial charge in [0.25, 0.3) is 0 Å². The molecule has 2 aliphatic rings. The van der Waals surface area contributed by atoms with Gasteiger partial charge in [-0.05, 0) is 62.9 Å². The first-order valence-corrected chi connectivity index (χ1v) is 10.6. The number of aromatic carboxylic acids is 1. The normalized spacial score (nSPS) is 20.2. The van der Waals surface area contributed by atoms with Crippen LogP contribution in [0.15, 0.2) is 18.2 Å².